The van der Waals surface area contributed by atoms with E-state index in [1.165, 1.54) is 0 Å². The summed E-state index contributed by atoms with van der Waals surface area (Å²) in [5.74, 6) is -0.478. The highest BCUT2D eigenvalue weighted by molar-refractivity contribution is 5.86. The van der Waals surface area contributed by atoms with E-state index in [0.717, 1.165) is 6.42 Å². The Labute approximate surface area is 105 Å². The van der Waals surface area contributed by atoms with Crippen molar-refractivity contribution in [2.45, 2.75) is 66.4 Å². The lowest BCUT2D eigenvalue weighted by molar-refractivity contribution is -0.156. The van der Waals surface area contributed by atoms with E-state index in [2.05, 4.69) is 0 Å². The average Bonchev–Trinajstić information content (AvgIpc) is 2.24. The first kappa shape index (κ1) is 16.1. The predicted octanol–water partition coefficient (Wildman–Crippen LogP) is 3.36. The first-order valence-corrected chi connectivity index (χ1v) is 6.70. The number of hydrogen-bond donors (Lipinski definition) is 0. The fourth-order valence-electron chi connectivity index (χ4n) is 2.10. The van der Waals surface area contributed by atoms with Crippen molar-refractivity contribution in [3.63, 3.8) is 0 Å². The van der Waals surface area contributed by atoms with Crippen LogP contribution in [0.15, 0.2) is 0 Å². The fraction of sp³-hybridized carbons (Fsp3) is 0.857. The van der Waals surface area contributed by atoms with Gasteiger partial charge >= 0.3 is 5.97 Å². The number of carbonyl (C=O) groups is 2. The zero-order valence-corrected chi connectivity index (χ0v) is 11.8. The Balaban J connectivity index is 4.68. The monoisotopic (exact) mass is 242 g/mol. The molecule has 3 nitrogen and oxygen atoms in total. The summed E-state index contributed by atoms with van der Waals surface area (Å²) in [6.45, 7) is 9.55. The summed E-state index contributed by atoms with van der Waals surface area (Å²) in [6, 6.07) is 0. The van der Waals surface area contributed by atoms with E-state index in [1.54, 1.807) is 0 Å². The van der Waals surface area contributed by atoms with Crippen LogP contribution in [0.25, 0.3) is 0 Å². The van der Waals surface area contributed by atoms with E-state index >= 15 is 0 Å². The normalized spacial score (nSPS) is 14.5. The molecule has 0 aliphatic carbocycles. The van der Waals surface area contributed by atoms with E-state index < -0.39 is 0 Å². The predicted molar refractivity (Wildman–Crippen MR) is 68.7 cm³/mol. The highest BCUT2D eigenvalue weighted by Crippen LogP contribution is 2.24. The van der Waals surface area contributed by atoms with Gasteiger partial charge in [-0.2, -0.15) is 0 Å². The molecule has 0 aliphatic heterocycles. The van der Waals surface area contributed by atoms with Crippen LogP contribution in [0.2, 0.25) is 0 Å². The Hall–Kier alpha value is -0.860. The Morgan fingerprint density at radius 1 is 1.00 bits per heavy atom. The third-order valence-corrected chi connectivity index (χ3v) is 2.93. The Morgan fingerprint density at radius 2 is 1.53 bits per heavy atom. The van der Waals surface area contributed by atoms with E-state index in [4.69, 9.17) is 4.74 Å². The fourth-order valence-corrected chi connectivity index (χ4v) is 2.10. The molecule has 0 N–H and O–H groups in total. The second-order valence-electron chi connectivity index (χ2n) is 4.73. The lowest BCUT2D eigenvalue weighted by Crippen LogP contribution is -2.31. The summed E-state index contributed by atoms with van der Waals surface area (Å²) in [7, 11) is 0. The van der Waals surface area contributed by atoms with Crippen LogP contribution >= 0.6 is 0 Å². The van der Waals surface area contributed by atoms with Crippen LogP contribution in [0, 0.1) is 11.8 Å². The lowest BCUT2D eigenvalue weighted by atomic mass is 9.83. The minimum atomic E-state index is -0.276. The van der Waals surface area contributed by atoms with Gasteiger partial charge in [0.25, 0.3) is 0 Å². The van der Waals surface area contributed by atoms with Crippen molar-refractivity contribution in [1.82, 2.24) is 0 Å². The first-order valence-electron chi connectivity index (χ1n) is 6.70. The minimum Gasteiger partial charge on any atom is -0.463 e. The number of hydrogen-bond acceptors (Lipinski definition) is 3. The lowest BCUT2D eigenvalue weighted by Gasteiger charge is -2.23. The van der Waals surface area contributed by atoms with E-state index in [0.29, 0.717) is 19.3 Å². The Bertz CT molecular complexity index is 246. The van der Waals surface area contributed by atoms with Crippen molar-refractivity contribution in [1.29, 1.82) is 0 Å². The van der Waals surface area contributed by atoms with Crippen LogP contribution in [0.3, 0.4) is 0 Å². The Kier molecular flexibility index (Phi) is 7.85. The maximum absolute atomic E-state index is 12.0. The molecule has 100 valence electrons. The molecule has 0 spiro atoms. The van der Waals surface area contributed by atoms with Crippen LogP contribution < -0.4 is 0 Å². The maximum Gasteiger partial charge on any atom is 0.309 e. The molecular weight excluding hydrogens is 216 g/mol. The summed E-state index contributed by atoms with van der Waals surface area (Å²) < 4.78 is 5.22. The van der Waals surface area contributed by atoms with Gasteiger partial charge in [0.15, 0.2) is 0 Å². The molecular formula is C14H26O3. The molecule has 0 bridgehead atoms. The van der Waals surface area contributed by atoms with E-state index in [9.17, 15) is 9.59 Å². The van der Waals surface area contributed by atoms with Crippen LogP contribution in [0.1, 0.15) is 60.3 Å². The van der Waals surface area contributed by atoms with Gasteiger partial charge in [0.1, 0.15) is 5.78 Å². The summed E-state index contributed by atoms with van der Waals surface area (Å²) in [4.78, 5) is 23.9. The van der Waals surface area contributed by atoms with Crippen molar-refractivity contribution < 1.29 is 14.3 Å². The molecule has 0 heterocycles. The number of ether oxygens (including phenoxy) is 1. The maximum atomic E-state index is 12.0. The zero-order chi connectivity index (χ0) is 13.4. The molecule has 0 aromatic heterocycles. The van der Waals surface area contributed by atoms with Gasteiger partial charge in [-0.15, -0.1) is 0 Å². The first-order chi connectivity index (χ1) is 7.97. The highest BCUT2D eigenvalue weighted by atomic mass is 16.5. The van der Waals surface area contributed by atoms with Gasteiger partial charge in [-0.1, -0.05) is 20.8 Å². The summed E-state index contributed by atoms with van der Waals surface area (Å²) in [5.41, 5.74) is 0. The van der Waals surface area contributed by atoms with Gasteiger partial charge in [-0.25, -0.2) is 0 Å². The number of ketones is 1. The molecule has 0 saturated carbocycles. The van der Waals surface area contributed by atoms with Gasteiger partial charge in [0.2, 0.25) is 0 Å². The topological polar surface area (TPSA) is 43.4 Å². The van der Waals surface area contributed by atoms with Crippen molar-refractivity contribution in [2.24, 2.45) is 11.8 Å². The van der Waals surface area contributed by atoms with E-state index in [1.807, 2.05) is 34.6 Å². The standard InChI is InChI=1S/C14H26O3/c1-6-9-13(15)11(7-2)12(8-3)14(16)17-10(4)5/h10-12H,6-9H2,1-5H3. The van der Waals surface area contributed by atoms with Gasteiger partial charge in [0.05, 0.1) is 12.0 Å². The summed E-state index contributed by atoms with van der Waals surface area (Å²) in [5, 5.41) is 0. The number of rotatable bonds is 8. The van der Waals surface area contributed by atoms with Crippen molar-refractivity contribution >= 4 is 11.8 Å². The van der Waals surface area contributed by atoms with Gasteiger partial charge in [0, 0.05) is 12.3 Å². The largest absolute Gasteiger partial charge is 0.463 e. The van der Waals surface area contributed by atoms with Crippen LogP contribution in [0.5, 0.6) is 0 Å². The minimum absolute atomic E-state index is 0.115. The third kappa shape index (κ3) is 5.33. The van der Waals surface area contributed by atoms with Crippen LogP contribution in [0.4, 0.5) is 0 Å². The Morgan fingerprint density at radius 3 is 1.88 bits per heavy atom. The van der Waals surface area contributed by atoms with Gasteiger partial charge < -0.3 is 4.74 Å². The molecule has 2 unspecified atom stereocenters. The number of carbonyl (C=O) groups excluding carboxylic acids is 2. The highest BCUT2D eigenvalue weighted by Gasteiger charge is 2.31. The molecule has 3 heteroatoms. The zero-order valence-electron chi connectivity index (χ0n) is 11.8. The molecule has 17 heavy (non-hydrogen) atoms. The SMILES string of the molecule is CCCC(=O)C(CC)C(CC)C(=O)OC(C)C. The summed E-state index contributed by atoms with van der Waals surface area (Å²) >= 11 is 0. The molecule has 0 aliphatic rings. The van der Waals surface area contributed by atoms with Crippen molar-refractivity contribution in [2.75, 3.05) is 0 Å². The molecule has 0 aromatic carbocycles. The molecule has 0 aromatic rings. The quantitative estimate of drug-likeness (QED) is 0.613. The molecule has 2 atom stereocenters. The average molecular weight is 242 g/mol. The molecule has 0 fully saturated rings. The van der Waals surface area contributed by atoms with Gasteiger partial charge in [-0.05, 0) is 33.1 Å². The molecule has 0 amide bonds. The number of esters is 1. The molecule has 0 radical (unpaired) electrons. The molecule has 0 rings (SSSR count). The smallest absolute Gasteiger partial charge is 0.309 e. The number of Topliss-reactive ketones (excluding diaryl/α,β-unsaturated/α-hetero) is 1. The molecule has 0 saturated heterocycles. The second kappa shape index (κ2) is 8.26. The van der Waals surface area contributed by atoms with Crippen molar-refractivity contribution in [3.05, 3.63) is 0 Å². The third-order valence-electron chi connectivity index (χ3n) is 2.93. The van der Waals surface area contributed by atoms with Gasteiger partial charge in [-0.3, -0.25) is 9.59 Å². The second-order valence-corrected chi connectivity index (χ2v) is 4.73. The van der Waals surface area contributed by atoms with E-state index in [-0.39, 0.29) is 29.7 Å². The van der Waals surface area contributed by atoms with Crippen LogP contribution in [-0.2, 0) is 14.3 Å². The summed E-state index contributed by atoms with van der Waals surface area (Å²) in [6.07, 6.45) is 2.66. The van der Waals surface area contributed by atoms with Crippen molar-refractivity contribution in [3.8, 4) is 0 Å². The van der Waals surface area contributed by atoms with Crippen LogP contribution in [-0.4, -0.2) is 17.9 Å².